The Morgan fingerprint density at radius 3 is 2.39 bits per heavy atom. The number of methoxy groups -OCH3 is 1. The Balaban J connectivity index is 0.00000392. The molecule has 152 valence electrons. The summed E-state index contributed by atoms with van der Waals surface area (Å²) in [6.45, 7) is 2.79. The standard InChI is InChI=1S/C20H25ClN4O2.HI/c1-14(26)25-18-12-16(6-9-19(18)27-3)13-24-20(22-2)23-11-10-15-4-7-17(21)8-5-15;/h4-9,12H,10-11,13H2,1-3H3,(H,25,26)(H2,22,23,24);1H. The molecule has 8 heteroatoms. The second kappa shape index (κ2) is 12.5. The molecule has 0 fully saturated rings. The Kier molecular flexibility index (Phi) is 10.7. The molecular formula is C20H26ClIN4O2. The Hall–Kier alpha value is -2.00. The third-order valence-corrected chi connectivity index (χ3v) is 4.13. The number of rotatable bonds is 7. The first-order valence-corrected chi connectivity index (χ1v) is 9.03. The highest BCUT2D eigenvalue weighted by atomic mass is 127. The minimum Gasteiger partial charge on any atom is -0.495 e. The summed E-state index contributed by atoms with van der Waals surface area (Å²) in [7, 11) is 3.30. The summed E-state index contributed by atoms with van der Waals surface area (Å²) in [5, 5.41) is 10.1. The third kappa shape index (κ3) is 7.93. The van der Waals surface area contributed by atoms with E-state index in [0.29, 0.717) is 23.9 Å². The molecule has 2 aromatic rings. The predicted molar refractivity (Wildman–Crippen MR) is 126 cm³/mol. The highest BCUT2D eigenvalue weighted by molar-refractivity contribution is 14.0. The summed E-state index contributed by atoms with van der Waals surface area (Å²) >= 11 is 5.90. The molecule has 0 spiro atoms. The first kappa shape index (κ1) is 24.0. The van der Waals surface area contributed by atoms with E-state index < -0.39 is 0 Å². The van der Waals surface area contributed by atoms with E-state index in [4.69, 9.17) is 16.3 Å². The zero-order chi connectivity index (χ0) is 19.6. The van der Waals surface area contributed by atoms with Crippen molar-refractivity contribution in [1.82, 2.24) is 10.6 Å². The van der Waals surface area contributed by atoms with Gasteiger partial charge in [-0.2, -0.15) is 0 Å². The van der Waals surface area contributed by atoms with E-state index in [-0.39, 0.29) is 29.9 Å². The van der Waals surface area contributed by atoms with Crippen molar-refractivity contribution in [2.75, 3.05) is 26.0 Å². The van der Waals surface area contributed by atoms with Crippen LogP contribution in [0, 0.1) is 0 Å². The number of carbonyl (C=O) groups excluding carboxylic acids is 1. The van der Waals surface area contributed by atoms with Crippen LogP contribution in [-0.2, 0) is 17.8 Å². The number of guanidine groups is 1. The number of nitrogens with one attached hydrogen (secondary N) is 3. The van der Waals surface area contributed by atoms with Crippen molar-refractivity contribution in [3.05, 3.63) is 58.6 Å². The Morgan fingerprint density at radius 1 is 1.11 bits per heavy atom. The quantitative estimate of drug-likeness (QED) is 0.297. The number of hydrogen-bond acceptors (Lipinski definition) is 3. The van der Waals surface area contributed by atoms with Crippen LogP contribution in [0.4, 0.5) is 5.69 Å². The molecule has 0 saturated carbocycles. The lowest BCUT2D eigenvalue weighted by Gasteiger charge is -2.14. The van der Waals surface area contributed by atoms with Gasteiger partial charge < -0.3 is 20.7 Å². The van der Waals surface area contributed by atoms with Crippen LogP contribution in [0.2, 0.25) is 5.02 Å². The van der Waals surface area contributed by atoms with Crippen molar-refractivity contribution >= 4 is 53.1 Å². The van der Waals surface area contributed by atoms with Crippen LogP contribution in [0.1, 0.15) is 18.1 Å². The molecule has 0 saturated heterocycles. The largest absolute Gasteiger partial charge is 0.495 e. The Bertz CT molecular complexity index is 797. The smallest absolute Gasteiger partial charge is 0.221 e. The van der Waals surface area contributed by atoms with Gasteiger partial charge in [-0.1, -0.05) is 29.8 Å². The number of nitrogens with zero attached hydrogens (tertiary/aromatic N) is 1. The predicted octanol–water partition coefficient (Wildman–Crippen LogP) is 3.83. The van der Waals surface area contributed by atoms with Crippen LogP contribution in [0.5, 0.6) is 5.75 Å². The molecule has 0 aromatic heterocycles. The van der Waals surface area contributed by atoms with Gasteiger partial charge >= 0.3 is 0 Å². The molecule has 28 heavy (non-hydrogen) atoms. The number of ether oxygens (including phenoxy) is 1. The normalized spacial score (nSPS) is 10.6. The summed E-state index contributed by atoms with van der Waals surface area (Å²) in [5.41, 5.74) is 2.85. The second-order valence-corrected chi connectivity index (χ2v) is 6.38. The van der Waals surface area contributed by atoms with Gasteiger partial charge in [0, 0.05) is 32.1 Å². The summed E-state index contributed by atoms with van der Waals surface area (Å²) in [4.78, 5) is 15.6. The average molecular weight is 517 g/mol. The molecule has 0 heterocycles. The Labute approximate surface area is 188 Å². The van der Waals surface area contributed by atoms with E-state index in [1.54, 1.807) is 14.2 Å². The van der Waals surface area contributed by atoms with Crippen LogP contribution in [-0.4, -0.2) is 32.6 Å². The number of hydrogen-bond donors (Lipinski definition) is 3. The molecule has 0 radical (unpaired) electrons. The lowest BCUT2D eigenvalue weighted by molar-refractivity contribution is -0.114. The number of aliphatic imine (C=N–C) groups is 1. The van der Waals surface area contributed by atoms with Gasteiger partial charge in [0.25, 0.3) is 0 Å². The number of amides is 1. The maximum absolute atomic E-state index is 11.3. The van der Waals surface area contributed by atoms with E-state index in [1.165, 1.54) is 12.5 Å². The third-order valence-electron chi connectivity index (χ3n) is 3.88. The molecule has 2 rings (SSSR count). The fourth-order valence-corrected chi connectivity index (χ4v) is 2.66. The first-order chi connectivity index (χ1) is 13.0. The summed E-state index contributed by atoms with van der Waals surface area (Å²) in [6.07, 6.45) is 0.868. The van der Waals surface area contributed by atoms with Crippen LogP contribution >= 0.6 is 35.6 Å². The van der Waals surface area contributed by atoms with Crippen LogP contribution in [0.15, 0.2) is 47.5 Å². The SMILES string of the molecule is CN=C(NCCc1ccc(Cl)cc1)NCc1ccc(OC)c(NC(C)=O)c1.I. The van der Waals surface area contributed by atoms with Crippen molar-refractivity contribution < 1.29 is 9.53 Å². The van der Waals surface area contributed by atoms with E-state index in [9.17, 15) is 4.79 Å². The molecule has 3 N–H and O–H groups in total. The zero-order valence-electron chi connectivity index (χ0n) is 16.2. The molecule has 0 unspecified atom stereocenters. The fourth-order valence-electron chi connectivity index (χ4n) is 2.54. The lowest BCUT2D eigenvalue weighted by Crippen LogP contribution is -2.37. The van der Waals surface area contributed by atoms with Crippen molar-refractivity contribution in [1.29, 1.82) is 0 Å². The van der Waals surface area contributed by atoms with Crippen molar-refractivity contribution in [2.24, 2.45) is 4.99 Å². The maximum atomic E-state index is 11.3. The van der Waals surface area contributed by atoms with Crippen LogP contribution in [0.3, 0.4) is 0 Å². The van der Waals surface area contributed by atoms with E-state index in [0.717, 1.165) is 23.6 Å². The zero-order valence-corrected chi connectivity index (χ0v) is 19.3. The Morgan fingerprint density at radius 2 is 1.79 bits per heavy atom. The van der Waals surface area contributed by atoms with Gasteiger partial charge in [-0.3, -0.25) is 9.79 Å². The van der Waals surface area contributed by atoms with Crippen molar-refractivity contribution in [3.63, 3.8) is 0 Å². The molecule has 1 amide bonds. The molecular weight excluding hydrogens is 491 g/mol. The molecule has 2 aromatic carbocycles. The van der Waals surface area contributed by atoms with Gasteiger partial charge in [-0.05, 0) is 41.8 Å². The van der Waals surface area contributed by atoms with Crippen molar-refractivity contribution in [2.45, 2.75) is 19.9 Å². The number of anilines is 1. The highest BCUT2D eigenvalue weighted by Gasteiger charge is 2.07. The van der Waals surface area contributed by atoms with Crippen LogP contribution < -0.4 is 20.7 Å². The molecule has 6 nitrogen and oxygen atoms in total. The topological polar surface area (TPSA) is 74.8 Å². The minimum absolute atomic E-state index is 0. The number of carbonyl (C=O) groups is 1. The maximum Gasteiger partial charge on any atom is 0.221 e. The van der Waals surface area contributed by atoms with E-state index in [1.807, 2.05) is 42.5 Å². The van der Waals surface area contributed by atoms with Gasteiger partial charge in [0.2, 0.25) is 5.91 Å². The molecule has 0 aliphatic carbocycles. The fraction of sp³-hybridized carbons (Fsp3) is 0.300. The lowest BCUT2D eigenvalue weighted by atomic mass is 10.1. The molecule has 0 bridgehead atoms. The van der Waals surface area contributed by atoms with E-state index >= 15 is 0 Å². The monoisotopic (exact) mass is 516 g/mol. The molecule has 0 atom stereocenters. The molecule has 0 aliphatic rings. The van der Waals surface area contributed by atoms with Gasteiger partial charge in [0.1, 0.15) is 5.75 Å². The van der Waals surface area contributed by atoms with Gasteiger partial charge in [-0.15, -0.1) is 24.0 Å². The van der Waals surface area contributed by atoms with Crippen molar-refractivity contribution in [3.8, 4) is 5.75 Å². The summed E-state index contributed by atoms with van der Waals surface area (Å²) in [5.74, 6) is 1.19. The molecule has 0 aliphatic heterocycles. The second-order valence-electron chi connectivity index (χ2n) is 5.94. The summed E-state index contributed by atoms with van der Waals surface area (Å²) in [6, 6.07) is 13.5. The van der Waals surface area contributed by atoms with E-state index in [2.05, 4.69) is 20.9 Å². The number of halogens is 2. The highest BCUT2D eigenvalue weighted by Crippen LogP contribution is 2.25. The number of benzene rings is 2. The minimum atomic E-state index is -0.141. The first-order valence-electron chi connectivity index (χ1n) is 8.65. The van der Waals surface area contributed by atoms with Gasteiger partial charge in [0.15, 0.2) is 5.96 Å². The van der Waals surface area contributed by atoms with Gasteiger partial charge in [0.05, 0.1) is 12.8 Å². The average Bonchev–Trinajstić information content (AvgIpc) is 2.65. The summed E-state index contributed by atoms with van der Waals surface area (Å²) < 4.78 is 5.27. The van der Waals surface area contributed by atoms with Crippen LogP contribution in [0.25, 0.3) is 0 Å². The van der Waals surface area contributed by atoms with Gasteiger partial charge in [-0.25, -0.2) is 0 Å².